The molecular formula is C8H13N3OS2. The van der Waals surface area contributed by atoms with E-state index in [9.17, 15) is 4.79 Å². The Hall–Kier alpha value is -0.750. The van der Waals surface area contributed by atoms with E-state index in [2.05, 4.69) is 4.98 Å². The lowest BCUT2D eigenvalue weighted by atomic mass is 10.5. The Labute approximate surface area is 91.5 Å². The third-order valence-corrected chi connectivity index (χ3v) is 3.75. The Balaban J connectivity index is 2.37. The van der Waals surface area contributed by atoms with Crippen molar-refractivity contribution < 1.29 is 4.79 Å². The Morgan fingerprint density at radius 1 is 1.79 bits per heavy atom. The molecule has 0 aliphatic rings. The number of amides is 1. The van der Waals surface area contributed by atoms with E-state index >= 15 is 0 Å². The molecule has 0 saturated heterocycles. The van der Waals surface area contributed by atoms with Gasteiger partial charge in [0.15, 0.2) is 5.13 Å². The number of rotatable bonds is 4. The number of thioether (sulfide) groups is 1. The van der Waals surface area contributed by atoms with Gasteiger partial charge in [-0.15, -0.1) is 11.8 Å². The Morgan fingerprint density at radius 2 is 2.50 bits per heavy atom. The van der Waals surface area contributed by atoms with Crippen LogP contribution < -0.4 is 5.73 Å². The highest BCUT2D eigenvalue weighted by Crippen LogP contribution is 2.26. The summed E-state index contributed by atoms with van der Waals surface area (Å²) in [4.78, 5) is 17.0. The summed E-state index contributed by atoms with van der Waals surface area (Å²) < 4.78 is 0.986. The van der Waals surface area contributed by atoms with Crippen molar-refractivity contribution in [3.05, 3.63) is 6.20 Å². The minimum Gasteiger partial charge on any atom is -0.375 e. The molecule has 0 fully saturated rings. The largest absolute Gasteiger partial charge is 0.375 e. The zero-order valence-electron chi connectivity index (χ0n) is 8.19. The van der Waals surface area contributed by atoms with E-state index in [0.717, 1.165) is 10.8 Å². The van der Waals surface area contributed by atoms with E-state index in [1.54, 1.807) is 18.1 Å². The molecule has 0 atom stereocenters. The predicted octanol–water partition coefficient (Wildman–Crippen LogP) is 1.30. The molecule has 0 spiro atoms. The zero-order chi connectivity index (χ0) is 10.6. The molecule has 0 aliphatic carbocycles. The number of hydrogen-bond donors (Lipinski definition) is 1. The number of hydrogen-bond acceptors (Lipinski definition) is 5. The van der Waals surface area contributed by atoms with Crippen LogP contribution in [-0.2, 0) is 4.79 Å². The van der Waals surface area contributed by atoms with Gasteiger partial charge >= 0.3 is 0 Å². The molecule has 2 N–H and O–H groups in total. The normalized spacial score (nSPS) is 10.1. The summed E-state index contributed by atoms with van der Waals surface area (Å²) >= 11 is 2.89. The summed E-state index contributed by atoms with van der Waals surface area (Å²) in [5.74, 6) is 0.580. The molecule has 0 aromatic carbocycles. The molecule has 14 heavy (non-hydrogen) atoms. The van der Waals surface area contributed by atoms with Crippen LogP contribution in [0.3, 0.4) is 0 Å². The average molecular weight is 231 g/mol. The zero-order valence-corrected chi connectivity index (χ0v) is 9.82. The van der Waals surface area contributed by atoms with E-state index in [1.165, 1.54) is 23.1 Å². The van der Waals surface area contributed by atoms with E-state index in [4.69, 9.17) is 5.73 Å². The number of anilines is 1. The van der Waals surface area contributed by atoms with E-state index in [1.807, 2.05) is 6.92 Å². The molecule has 1 heterocycles. The molecule has 0 aliphatic heterocycles. The molecule has 0 bridgehead atoms. The minimum atomic E-state index is 0.129. The van der Waals surface area contributed by atoms with Crippen molar-refractivity contribution in [1.29, 1.82) is 0 Å². The summed E-state index contributed by atoms with van der Waals surface area (Å²) in [5, 5.41) is 0.545. The van der Waals surface area contributed by atoms with Gasteiger partial charge in [0, 0.05) is 13.6 Å². The molecule has 78 valence electrons. The molecule has 1 aromatic rings. The van der Waals surface area contributed by atoms with Crippen LogP contribution >= 0.6 is 23.1 Å². The van der Waals surface area contributed by atoms with Gasteiger partial charge in [0.1, 0.15) is 0 Å². The van der Waals surface area contributed by atoms with E-state index < -0.39 is 0 Å². The van der Waals surface area contributed by atoms with Crippen molar-refractivity contribution in [2.45, 2.75) is 11.1 Å². The monoisotopic (exact) mass is 231 g/mol. The fourth-order valence-electron chi connectivity index (χ4n) is 0.758. The molecule has 4 nitrogen and oxygen atoms in total. The van der Waals surface area contributed by atoms with Crippen molar-refractivity contribution in [2.24, 2.45) is 0 Å². The van der Waals surface area contributed by atoms with Crippen LogP contribution in [0.2, 0.25) is 0 Å². The maximum Gasteiger partial charge on any atom is 0.232 e. The summed E-state index contributed by atoms with van der Waals surface area (Å²) in [6.45, 7) is 2.69. The first kappa shape index (κ1) is 11.3. The number of carbonyl (C=O) groups excluding carboxylic acids is 1. The Bertz CT molecular complexity index is 313. The quantitative estimate of drug-likeness (QED) is 0.793. The molecule has 1 amide bonds. The van der Waals surface area contributed by atoms with Crippen LogP contribution in [0.5, 0.6) is 0 Å². The Morgan fingerprint density at radius 3 is 3.00 bits per heavy atom. The number of aromatic nitrogens is 1. The summed E-state index contributed by atoms with van der Waals surface area (Å²) in [5.41, 5.74) is 5.47. The maximum atomic E-state index is 11.4. The highest BCUT2D eigenvalue weighted by Gasteiger charge is 2.08. The molecule has 1 aromatic heterocycles. The molecule has 0 saturated carbocycles. The van der Waals surface area contributed by atoms with Crippen molar-refractivity contribution >= 4 is 34.1 Å². The van der Waals surface area contributed by atoms with Gasteiger partial charge in [-0.1, -0.05) is 11.3 Å². The molecule has 6 heteroatoms. The average Bonchev–Trinajstić information content (AvgIpc) is 2.59. The van der Waals surface area contributed by atoms with Crippen LogP contribution in [0.4, 0.5) is 5.13 Å². The highest BCUT2D eigenvalue weighted by molar-refractivity contribution is 8.01. The van der Waals surface area contributed by atoms with Crippen LogP contribution in [-0.4, -0.2) is 35.1 Å². The molecule has 0 radical (unpaired) electrons. The lowest BCUT2D eigenvalue weighted by molar-refractivity contribution is -0.126. The smallest absolute Gasteiger partial charge is 0.232 e. The first-order valence-electron chi connectivity index (χ1n) is 4.21. The number of thiazole rings is 1. The van der Waals surface area contributed by atoms with Gasteiger partial charge in [-0.05, 0) is 6.92 Å². The molecule has 1 rings (SSSR count). The minimum absolute atomic E-state index is 0.129. The molecule has 0 unspecified atom stereocenters. The van der Waals surface area contributed by atoms with Gasteiger partial charge in [-0.2, -0.15) is 0 Å². The van der Waals surface area contributed by atoms with E-state index in [-0.39, 0.29) is 5.91 Å². The van der Waals surface area contributed by atoms with Crippen molar-refractivity contribution in [3.63, 3.8) is 0 Å². The number of nitrogen functional groups attached to an aromatic ring is 1. The topological polar surface area (TPSA) is 59.2 Å². The highest BCUT2D eigenvalue weighted by atomic mass is 32.2. The maximum absolute atomic E-state index is 11.4. The van der Waals surface area contributed by atoms with Crippen LogP contribution in [0.25, 0.3) is 0 Å². The number of carbonyl (C=O) groups is 1. The summed E-state index contributed by atoms with van der Waals surface area (Å²) in [6.07, 6.45) is 1.70. The second-order valence-electron chi connectivity index (χ2n) is 2.71. The lowest BCUT2D eigenvalue weighted by Gasteiger charge is -2.13. The first-order valence-corrected chi connectivity index (χ1v) is 6.01. The molecular weight excluding hydrogens is 218 g/mol. The lowest BCUT2D eigenvalue weighted by Crippen LogP contribution is -2.27. The van der Waals surface area contributed by atoms with E-state index in [0.29, 0.717) is 10.9 Å². The number of nitrogens with zero attached hydrogens (tertiary/aromatic N) is 2. The second-order valence-corrected chi connectivity index (χ2v) is 5.05. The standard InChI is InChI=1S/C8H13N3OS2/c1-3-11(2)6(12)5-13-7-4-10-8(9)14-7/h4H,3,5H2,1-2H3,(H2,9,10). The fraction of sp³-hybridized carbons (Fsp3) is 0.500. The third kappa shape index (κ3) is 3.19. The summed E-state index contributed by atoms with van der Waals surface area (Å²) in [6, 6.07) is 0. The van der Waals surface area contributed by atoms with Crippen LogP contribution in [0.15, 0.2) is 10.4 Å². The SMILES string of the molecule is CCN(C)C(=O)CSc1cnc(N)s1. The van der Waals surface area contributed by atoms with Gasteiger partial charge < -0.3 is 10.6 Å². The van der Waals surface area contributed by atoms with Crippen LogP contribution in [0.1, 0.15) is 6.92 Å². The number of nitrogens with two attached hydrogens (primary N) is 1. The van der Waals surface area contributed by atoms with Gasteiger partial charge in [0.05, 0.1) is 16.2 Å². The first-order chi connectivity index (χ1) is 6.63. The van der Waals surface area contributed by atoms with Crippen molar-refractivity contribution in [2.75, 3.05) is 25.1 Å². The van der Waals surface area contributed by atoms with Gasteiger partial charge in [-0.25, -0.2) is 4.98 Å². The van der Waals surface area contributed by atoms with Gasteiger partial charge in [0.25, 0.3) is 0 Å². The fourth-order valence-corrected chi connectivity index (χ4v) is 2.46. The van der Waals surface area contributed by atoms with Crippen LogP contribution in [0, 0.1) is 0 Å². The van der Waals surface area contributed by atoms with Crippen molar-refractivity contribution in [1.82, 2.24) is 9.88 Å². The summed E-state index contributed by atoms with van der Waals surface area (Å²) in [7, 11) is 1.80. The predicted molar refractivity (Wildman–Crippen MR) is 60.6 cm³/mol. The van der Waals surface area contributed by atoms with Gasteiger partial charge in [-0.3, -0.25) is 4.79 Å². The second kappa shape index (κ2) is 5.21. The third-order valence-electron chi connectivity index (χ3n) is 1.74. The van der Waals surface area contributed by atoms with Gasteiger partial charge in [0.2, 0.25) is 5.91 Å². The Kier molecular flexibility index (Phi) is 4.21. The van der Waals surface area contributed by atoms with Crippen molar-refractivity contribution in [3.8, 4) is 0 Å².